The lowest BCUT2D eigenvalue weighted by Gasteiger charge is -1.97. The first-order chi connectivity index (χ1) is 4.20. The van der Waals surface area contributed by atoms with E-state index < -0.39 is 0 Å². The molecule has 0 aromatic heterocycles. The summed E-state index contributed by atoms with van der Waals surface area (Å²) in [5.41, 5.74) is 2.51. The molecule has 2 heteroatoms. The zero-order valence-electron chi connectivity index (χ0n) is 5.68. The van der Waals surface area contributed by atoms with E-state index in [1.807, 2.05) is 0 Å². The highest BCUT2D eigenvalue weighted by molar-refractivity contribution is 7.80. The lowest BCUT2D eigenvalue weighted by atomic mass is 9.95. The van der Waals surface area contributed by atoms with Crippen molar-refractivity contribution in [1.82, 2.24) is 0 Å². The predicted molar refractivity (Wildman–Crippen MR) is 46.6 cm³/mol. The Hall–Kier alpha value is -0.365. The summed E-state index contributed by atoms with van der Waals surface area (Å²) < 4.78 is 0. The molecule has 0 bridgehead atoms. The maximum absolute atomic E-state index is 4.27. The number of thiol groups is 1. The first-order valence-electron chi connectivity index (χ1n) is 2.96. The van der Waals surface area contributed by atoms with Crippen molar-refractivity contribution in [1.29, 1.82) is 0 Å². The van der Waals surface area contributed by atoms with Gasteiger partial charge in [-0.2, -0.15) is 0 Å². The molecule has 46 valence electrons. The summed E-state index contributed by atoms with van der Waals surface area (Å²) in [7, 11) is 2.06. The average molecular weight is 136 g/mol. The molecular formula is C7H9BS. The van der Waals surface area contributed by atoms with E-state index in [1.165, 1.54) is 11.0 Å². The Labute approximate surface area is 62.1 Å². The van der Waals surface area contributed by atoms with Gasteiger partial charge in [0.05, 0.1) is 0 Å². The standard InChI is InChI=1S/C7H9BS/c1-5-2-3-6(8)7(9)4-5/h2-4,9H,8H2,1H3. The van der Waals surface area contributed by atoms with Crippen molar-refractivity contribution < 1.29 is 0 Å². The van der Waals surface area contributed by atoms with Crippen molar-refractivity contribution in [3.05, 3.63) is 23.8 Å². The Bertz CT molecular complexity index is 220. The van der Waals surface area contributed by atoms with Gasteiger partial charge in [-0.1, -0.05) is 23.2 Å². The van der Waals surface area contributed by atoms with Gasteiger partial charge in [-0.15, -0.1) is 12.6 Å². The van der Waals surface area contributed by atoms with Gasteiger partial charge in [0.15, 0.2) is 0 Å². The summed E-state index contributed by atoms with van der Waals surface area (Å²) in [5, 5.41) is 0. The largest absolute Gasteiger partial charge is 0.144 e. The van der Waals surface area contributed by atoms with Gasteiger partial charge in [0.2, 0.25) is 0 Å². The van der Waals surface area contributed by atoms with E-state index in [9.17, 15) is 0 Å². The van der Waals surface area contributed by atoms with Gasteiger partial charge in [0, 0.05) is 0 Å². The highest BCUT2D eigenvalue weighted by atomic mass is 32.1. The van der Waals surface area contributed by atoms with Crippen molar-refractivity contribution in [2.75, 3.05) is 0 Å². The van der Waals surface area contributed by atoms with Crippen LogP contribution in [0, 0.1) is 6.92 Å². The molecule has 1 rings (SSSR count). The van der Waals surface area contributed by atoms with Gasteiger partial charge in [-0.25, -0.2) is 0 Å². The second-order valence-corrected chi connectivity index (χ2v) is 2.77. The SMILES string of the molecule is Bc1ccc(C)cc1S. The highest BCUT2D eigenvalue weighted by Gasteiger charge is 1.89. The maximum atomic E-state index is 4.27. The molecule has 0 amide bonds. The van der Waals surface area contributed by atoms with Crippen LogP contribution in [0.1, 0.15) is 5.56 Å². The van der Waals surface area contributed by atoms with E-state index in [0.29, 0.717) is 0 Å². The topological polar surface area (TPSA) is 0 Å². The molecule has 0 spiro atoms. The maximum Gasteiger partial charge on any atom is 0.140 e. The number of benzene rings is 1. The first kappa shape index (κ1) is 6.75. The van der Waals surface area contributed by atoms with E-state index in [0.717, 1.165) is 4.90 Å². The van der Waals surface area contributed by atoms with Crippen LogP contribution >= 0.6 is 12.6 Å². The highest BCUT2D eigenvalue weighted by Crippen LogP contribution is 2.03. The molecule has 1 aromatic rings. The van der Waals surface area contributed by atoms with Crippen LogP contribution in [0.15, 0.2) is 23.1 Å². The van der Waals surface area contributed by atoms with Crippen LogP contribution in [0.4, 0.5) is 0 Å². The predicted octanol–water partition coefficient (Wildman–Crippen LogP) is 0.542. The second-order valence-electron chi connectivity index (χ2n) is 2.29. The molecule has 0 radical (unpaired) electrons. The van der Waals surface area contributed by atoms with E-state index in [2.05, 4.69) is 45.6 Å². The normalized spacial score (nSPS) is 9.56. The van der Waals surface area contributed by atoms with Crippen LogP contribution in [0.2, 0.25) is 0 Å². The molecule has 0 atom stereocenters. The fourth-order valence-corrected chi connectivity index (χ4v) is 0.998. The molecule has 0 N–H and O–H groups in total. The molecule has 0 aliphatic carbocycles. The Kier molecular flexibility index (Phi) is 1.86. The van der Waals surface area contributed by atoms with Crippen molar-refractivity contribution in [2.45, 2.75) is 11.8 Å². The Morgan fingerprint density at radius 1 is 1.44 bits per heavy atom. The lowest BCUT2D eigenvalue weighted by molar-refractivity contribution is 1.40. The van der Waals surface area contributed by atoms with Gasteiger partial charge in [0.25, 0.3) is 0 Å². The molecule has 0 nitrogen and oxygen atoms in total. The number of hydrogen-bond donors (Lipinski definition) is 1. The fourth-order valence-electron chi connectivity index (χ4n) is 0.719. The summed E-state index contributed by atoms with van der Waals surface area (Å²) >= 11 is 4.27. The zero-order valence-corrected chi connectivity index (χ0v) is 6.57. The zero-order chi connectivity index (χ0) is 6.85. The van der Waals surface area contributed by atoms with E-state index in [-0.39, 0.29) is 0 Å². The van der Waals surface area contributed by atoms with E-state index in [1.54, 1.807) is 0 Å². The van der Waals surface area contributed by atoms with Gasteiger partial charge >= 0.3 is 0 Å². The van der Waals surface area contributed by atoms with Crippen LogP contribution < -0.4 is 5.46 Å². The number of aryl methyl sites for hydroxylation is 1. The quantitative estimate of drug-likeness (QED) is 0.390. The van der Waals surface area contributed by atoms with Crippen LogP contribution in [-0.4, -0.2) is 7.85 Å². The molecule has 0 heterocycles. The molecule has 0 unspecified atom stereocenters. The third-order valence-corrected chi connectivity index (χ3v) is 1.85. The summed E-state index contributed by atoms with van der Waals surface area (Å²) in [6.45, 7) is 2.07. The molecule has 0 saturated heterocycles. The van der Waals surface area contributed by atoms with Crippen LogP contribution in [0.25, 0.3) is 0 Å². The average Bonchev–Trinajstić information content (AvgIpc) is 1.80. The van der Waals surface area contributed by atoms with Crippen molar-refractivity contribution in [2.24, 2.45) is 0 Å². The molecular weight excluding hydrogens is 127 g/mol. The van der Waals surface area contributed by atoms with Crippen LogP contribution in [-0.2, 0) is 0 Å². The lowest BCUT2D eigenvalue weighted by Crippen LogP contribution is -2.03. The minimum Gasteiger partial charge on any atom is -0.144 e. The van der Waals surface area contributed by atoms with Gasteiger partial charge < -0.3 is 0 Å². The molecule has 0 aliphatic rings. The third kappa shape index (κ3) is 1.52. The monoisotopic (exact) mass is 136 g/mol. The van der Waals surface area contributed by atoms with Crippen molar-refractivity contribution in [3.8, 4) is 0 Å². The minimum absolute atomic E-state index is 1.08. The Balaban J connectivity index is 3.17. The van der Waals surface area contributed by atoms with E-state index >= 15 is 0 Å². The van der Waals surface area contributed by atoms with Gasteiger partial charge in [-0.05, 0) is 17.9 Å². The van der Waals surface area contributed by atoms with E-state index in [4.69, 9.17) is 0 Å². The summed E-state index contributed by atoms with van der Waals surface area (Å²) in [4.78, 5) is 1.08. The molecule has 1 aromatic carbocycles. The van der Waals surface area contributed by atoms with Gasteiger partial charge in [-0.3, -0.25) is 0 Å². The minimum atomic E-state index is 1.08. The Morgan fingerprint density at radius 2 is 2.11 bits per heavy atom. The first-order valence-corrected chi connectivity index (χ1v) is 3.41. The molecule has 0 saturated carbocycles. The van der Waals surface area contributed by atoms with Crippen LogP contribution in [0.5, 0.6) is 0 Å². The Morgan fingerprint density at radius 3 is 2.56 bits per heavy atom. The van der Waals surface area contributed by atoms with Crippen LogP contribution in [0.3, 0.4) is 0 Å². The summed E-state index contributed by atoms with van der Waals surface area (Å²) in [6.07, 6.45) is 0. The van der Waals surface area contributed by atoms with Crippen molar-refractivity contribution in [3.63, 3.8) is 0 Å². The number of rotatable bonds is 0. The number of hydrogen-bond acceptors (Lipinski definition) is 1. The molecule has 0 aliphatic heterocycles. The third-order valence-electron chi connectivity index (χ3n) is 1.36. The summed E-state index contributed by atoms with van der Waals surface area (Å²) in [6, 6.07) is 6.24. The van der Waals surface area contributed by atoms with Gasteiger partial charge in [0.1, 0.15) is 7.85 Å². The van der Waals surface area contributed by atoms with Crippen molar-refractivity contribution >= 4 is 25.9 Å². The molecule has 0 fully saturated rings. The molecule has 9 heavy (non-hydrogen) atoms. The fraction of sp³-hybridized carbons (Fsp3) is 0.143. The smallest absolute Gasteiger partial charge is 0.140 e. The second kappa shape index (κ2) is 2.48. The summed E-state index contributed by atoms with van der Waals surface area (Å²) in [5.74, 6) is 0.